The molecule has 2 heterocycles. The van der Waals surface area contributed by atoms with Crippen LogP contribution in [0, 0.1) is 6.92 Å². The molecule has 0 aliphatic carbocycles. The third-order valence-electron chi connectivity index (χ3n) is 4.09. The first-order valence-corrected chi connectivity index (χ1v) is 7.75. The number of imidazole rings is 1. The van der Waals surface area contributed by atoms with Gasteiger partial charge >= 0.3 is 5.97 Å². The summed E-state index contributed by atoms with van der Waals surface area (Å²) in [5.41, 5.74) is 3.19. The number of aromatic amines is 1. The number of hydrogen-bond donors (Lipinski definition) is 1. The number of hydrogen-bond acceptors (Lipinski definition) is 4. The number of carbonyl (C=O) groups excluding carboxylic acids is 1. The first kappa shape index (κ1) is 14.4. The predicted molar refractivity (Wildman–Crippen MR) is 90.8 cm³/mol. The second kappa shape index (κ2) is 5.81. The van der Waals surface area contributed by atoms with Crippen molar-refractivity contribution in [2.75, 3.05) is 6.61 Å². The van der Waals surface area contributed by atoms with Gasteiger partial charge in [0, 0.05) is 5.39 Å². The lowest BCUT2D eigenvalue weighted by molar-refractivity contribution is 0.0494. The molecule has 4 aromatic rings. The fourth-order valence-corrected chi connectivity index (χ4v) is 2.92. The molecule has 0 spiro atoms. The highest BCUT2D eigenvalue weighted by molar-refractivity contribution is 6.02. The van der Waals surface area contributed by atoms with Gasteiger partial charge in [-0.2, -0.15) is 5.10 Å². The van der Waals surface area contributed by atoms with E-state index in [0.29, 0.717) is 17.6 Å². The van der Waals surface area contributed by atoms with Gasteiger partial charge in [0.25, 0.3) is 0 Å². The number of H-pyrrole nitrogens is 1. The van der Waals surface area contributed by atoms with Crippen molar-refractivity contribution in [1.29, 1.82) is 0 Å². The topological polar surface area (TPSA) is 72.8 Å². The minimum atomic E-state index is -0.355. The van der Waals surface area contributed by atoms with Crippen molar-refractivity contribution in [3.8, 4) is 0 Å². The third-order valence-corrected chi connectivity index (χ3v) is 4.09. The molecule has 0 saturated heterocycles. The molecule has 120 valence electrons. The number of aryl methyl sites for hydroxylation is 1. The van der Waals surface area contributed by atoms with Gasteiger partial charge in [-0.3, -0.25) is 5.10 Å². The monoisotopic (exact) mass is 320 g/mol. The number of nitrogens with one attached hydrogen (secondary N) is 1. The minimum absolute atomic E-state index is 0.282. The fourth-order valence-electron chi connectivity index (χ4n) is 2.92. The van der Waals surface area contributed by atoms with Gasteiger partial charge in [-0.25, -0.2) is 9.78 Å². The Morgan fingerprint density at radius 1 is 1.21 bits per heavy atom. The zero-order valence-electron chi connectivity index (χ0n) is 13.2. The zero-order valence-corrected chi connectivity index (χ0v) is 13.2. The highest BCUT2D eigenvalue weighted by Gasteiger charge is 2.13. The van der Waals surface area contributed by atoms with E-state index in [-0.39, 0.29) is 12.6 Å². The molecule has 2 aromatic carbocycles. The van der Waals surface area contributed by atoms with Crippen molar-refractivity contribution in [2.24, 2.45) is 0 Å². The molecule has 0 aliphatic heterocycles. The summed E-state index contributed by atoms with van der Waals surface area (Å²) in [6, 6.07) is 13.4. The number of fused-ring (bicyclic) bond motifs is 2. The van der Waals surface area contributed by atoms with Gasteiger partial charge < -0.3 is 9.30 Å². The fraction of sp³-hybridized carbons (Fsp3) is 0.167. The lowest BCUT2D eigenvalue weighted by atomic mass is 10.1. The van der Waals surface area contributed by atoms with Gasteiger partial charge in [0.05, 0.1) is 34.9 Å². The van der Waals surface area contributed by atoms with Crippen LogP contribution < -0.4 is 0 Å². The van der Waals surface area contributed by atoms with Crippen LogP contribution in [0.3, 0.4) is 0 Å². The number of rotatable bonds is 4. The molecule has 6 heteroatoms. The highest BCUT2D eigenvalue weighted by atomic mass is 16.5. The van der Waals surface area contributed by atoms with Crippen LogP contribution in [0.4, 0.5) is 0 Å². The van der Waals surface area contributed by atoms with Crippen LogP contribution >= 0.6 is 0 Å². The summed E-state index contributed by atoms with van der Waals surface area (Å²) in [6.45, 7) is 2.80. The third kappa shape index (κ3) is 2.42. The van der Waals surface area contributed by atoms with Crippen LogP contribution in [0.2, 0.25) is 0 Å². The maximum Gasteiger partial charge on any atom is 0.340 e. The zero-order chi connectivity index (χ0) is 16.5. The van der Waals surface area contributed by atoms with E-state index in [2.05, 4.69) is 19.7 Å². The maximum absolute atomic E-state index is 12.3. The van der Waals surface area contributed by atoms with Gasteiger partial charge in [0.2, 0.25) is 0 Å². The van der Waals surface area contributed by atoms with Gasteiger partial charge in [-0.1, -0.05) is 24.3 Å². The summed E-state index contributed by atoms with van der Waals surface area (Å²) in [6.07, 6.45) is 1.69. The molecular weight excluding hydrogens is 304 g/mol. The Labute approximate surface area is 138 Å². The Morgan fingerprint density at radius 3 is 3.00 bits per heavy atom. The van der Waals surface area contributed by atoms with Crippen LogP contribution in [-0.2, 0) is 11.3 Å². The standard InChI is InChI=1S/C18H16N4O2/c1-12-20-15-7-2-3-8-16(15)22(12)9-10-24-18(23)14-6-4-5-13-11-19-21-17(13)14/h2-8,11H,9-10H2,1H3,(H,19,21). The van der Waals surface area contributed by atoms with E-state index in [0.717, 1.165) is 22.2 Å². The molecule has 0 bridgehead atoms. The maximum atomic E-state index is 12.3. The van der Waals surface area contributed by atoms with E-state index in [1.807, 2.05) is 43.3 Å². The van der Waals surface area contributed by atoms with Gasteiger partial charge in [-0.15, -0.1) is 0 Å². The lowest BCUT2D eigenvalue weighted by Gasteiger charge is -2.08. The number of nitrogens with zero attached hydrogens (tertiary/aromatic N) is 3. The van der Waals surface area contributed by atoms with Crippen LogP contribution in [0.5, 0.6) is 0 Å². The molecule has 0 amide bonds. The molecule has 1 N–H and O–H groups in total. The Balaban J connectivity index is 1.50. The predicted octanol–water partition coefficient (Wildman–Crippen LogP) is 3.08. The average molecular weight is 320 g/mol. The number of carbonyl (C=O) groups is 1. The highest BCUT2D eigenvalue weighted by Crippen LogP contribution is 2.17. The van der Waals surface area contributed by atoms with Crippen LogP contribution in [0.15, 0.2) is 48.7 Å². The van der Waals surface area contributed by atoms with Gasteiger partial charge in [0.15, 0.2) is 0 Å². The Morgan fingerprint density at radius 2 is 2.08 bits per heavy atom. The van der Waals surface area contributed by atoms with E-state index in [4.69, 9.17) is 4.74 Å². The molecule has 0 unspecified atom stereocenters. The smallest absolute Gasteiger partial charge is 0.340 e. The van der Waals surface area contributed by atoms with E-state index >= 15 is 0 Å². The number of benzene rings is 2. The van der Waals surface area contributed by atoms with Crippen LogP contribution in [0.1, 0.15) is 16.2 Å². The van der Waals surface area contributed by atoms with Crippen molar-refractivity contribution in [2.45, 2.75) is 13.5 Å². The van der Waals surface area contributed by atoms with Crippen molar-refractivity contribution >= 4 is 27.9 Å². The van der Waals surface area contributed by atoms with Crippen molar-refractivity contribution in [1.82, 2.24) is 19.7 Å². The van der Waals surface area contributed by atoms with Crippen molar-refractivity contribution in [3.63, 3.8) is 0 Å². The molecule has 2 aromatic heterocycles. The number of para-hydroxylation sites is 3. The first-order valence-electron chi connectivity index (χ1n) is 7.75. The molecule has 0 atom stereocenters. The summed E-state index contributed by atoms with van der Waals surface area (Å²) in [4.78, 5) is 16.9. The molecule has 0 fully saturated rings. The van der Waals surface area contributed by atoms with E-state index in [9.17, 15) is 4.79 Å². The number of ether oxygens (including phenoxy) is 1. The van der Waals surface area contributed by atoms with Crippen molar-refractivity contribution in [3.05, 3.63) is 60.0 Å². The van der Waals surface area contributed by atoms with E-state index in [1.165, 1.54) is 0 Å². The molecule has 4 rings (SSSR count). The normalized spacial score (nSPS) is 11.2. The molecular formula is C18H16N4O2. The molecule has 24 heavy (non-hydrogen) atoms. The second-order valence-corrected chi connectivity index (χ2v) is 5.58. The first-order chi connectivity index (χ1) is 11.7. The van der Waals surface area contributed by atoms with Crippen molar-refractivity contribution < 1.29 is 9.53 Å². The molecule has 0 saturated carbocycles. The minimum Gasteiger partial charge on any atom is -0.460 e. The van der Waals surface area contributed by atoms with Crippen LogP contribution in [-0.4, -0.2) is 32.3 Å². The second-order valence-electron chi connectivity index (χ2n) is 5.58. The molecule has 6 nitrogen and oxygen atoms in total. The summed E-state index contributed by atoms with van der Waals surface area (Å²) < 4.78 is 7.50. The SMILES string of the molecule is Cc1nc2ccccc2n1CCOC(=O)c1cccc2cn[nH]c12. The summed E-state index contributed by atoms with van der Waals surface area (Å²) >= 11 is 0. The quantitative estimate of drug-likeness (QED) is 0.587. The van der Waals surface area contributed by atoms with E-state index < -0.39 is 0 Å². The Kier molecular flexibility index (Phi) is 3.49. The number of esters is 1. The van der Waals surface area contributed by atoms with E-state index in [1.54, 1.807) is 12.3 Å². The largest absolute Gasteiger partial charge is 0.460 e. The molecule has 0 radical (unpaired) electrons. The van der Waals surface area contributed by atoms with Crippen LogP contribution in [0.25, 0.3) is 21.9 Å². The molecule has 0 aliphatic rings. The Bertz CT molecular complexity index is 1030. The summed E-state index contributed by atoms with van der Waals surface area (Å²) in [7, 11) is 0. The average Bonchev–Trinajstić information content (AvgIpc) is 3.19. The summed E-state index contributed by atoms with van der Waals surface area (Å²) in [5, 5.41) is 7.70. The lowest BCUT2D eigenvalue weighted by Crippen LogP contribution is -2.12. The summed E-state index contributed by atoms with van der Waals surface area (Å²) in [5.74, 6) is 0.551. The van der Waals surface area contributed by atoms with Gasteiger partial charge in [-0.05, 0) is 25.1 Å². The Hall–Kier alpha value is -3.15. The number of aromatic nitrogens is 4. The van der Waals surface area contributed by atoms with Gasteiger partial charge in [0.1, 0.15) is 12.4 Å².